The van der Waals surface area contributed by atoms with Crippen LogP contribution in [0.3, 0.4) is 0 Å². The number of hydrogen-bond acceptors (Lipinski definition) is 2. The van der Waals surface area contributed by atoms with Gasteiger partial charge in [0, 0.05) is 17.6 Å². The second-order valence-electron chi connectivity index (χ2n) is 5.31. The largest absolute Gasteiger partial charge is 0.314 e. The fraction of sp³-hybridized carbons (Fsp3) is 1.00. The van der Waals surface area contributed by atoms with E-state index in [9.17, 15) is 0 Å². The average molecular weight is 198 g/mol. The van der Waals surface area contributed by atoms with Crippen LogP contribution in [0.4, 0.5) is 0 Å². The second kappa shape index (κ2) is 4.63. The molecular weight excluding hydrogens is 172 g/mol. The molecule has 1 aliphatic heterocycles. The standard InChI is InChI=1S/C12H26N2/c1-6-12(3,4)14(5)11-7-8-13-10(2)9-11/h10-11,13H,6-9H2,1-5H3. The Morgan fingerprint density at radius 1 is 1.43 bits per heavy atom. The summed E-state index contributed by atoms with van der Waals surface area (Å²) in [6.45, 7) is 10.4. The van der Waals surface area contributed by atoms with E-state index in [0.717, 1.165) is 6.04 Å². The Hall–Kier alpha value is -0.0800. The summed E-state index contributed by atoms with van der Waals surface area (Å²) in [5, 5.41) is 3.51. The quantitative estimate of drug-likeness (QED) is 0.748. The Kier molecular flexibility index (Phi) is 3.96. The maximum absolute atomic E-state index is 3.51. The third kappa shape index (κ3) is 2.71. The van der Waals surface area contributed by atoms with E-state index in [1.807, 2.05) is 0 Å². The minimum Gasteiger partial charge on any atom is -0.314 e. The maximum atomic E-state index is 3.51. The topological polar surface area (TPSA) is 15.3 Å². The highest BCUT2D eigenvalue weighted by molar-refractivity contribution is 4.88. The van der Waals surface area contributed by atoms with E-state index in [1.54, 1.807) is 0 Å². The van der Waals surface area contributed by atoms with Gasteiger partial charge in [-0.1, -0.05) is 6.92 Å². The van der Waals surface area contributed by atoms with Gasteiger partial charge in [0.1, 0.15) is 0 Å². The van der Waals surface area contributed by atoms with Gasteiger partial charge in [-0.15, -0.1) is 0 Å². The molecule has 1 heterocycles. The summed E-state index contributed by atoms with van der Waals surface area (Å²) >= 11 is 0. The van der Waals surface area contributed by atoms with Gasteiger partial charge in [-0.3, -0.25) is 4.90 Å². The van der Waals surface area contributed by atoms with E-state index in [4.69, 9.17) is 0 Å². The van der Waals surface area contributed by atoms with Crippen molar-refractivity contribution in [1.29, 1.82) is 0 Å². The van der Waals surface area contributed by atoms with Gasteiger partial charge in [0.2, 0.25) is 0 Å². The lowest BCUT2D eigenvalue weighted by molar-refractivity contribution is 0.0706. The molecule has 2 atom stereocenters. The minimum absolute atomic E-state index is 0.349. The first-order chi connectivity index (χ1) is 6.47. The van der Waals surface area contributed by atoms with Crippen LogP contribution in [0.2, 0.25) is 0 Å². The van der Waals surface area contributed by atoms with Crippen LogP contribution in [0, 0.1) is 0 Å². The third-order valence-electron chi connectivity index (χ3n) is 3.96. The van der Waals surface area contributed by atoms with Crippen LogP contribution in [0.15, 0.2) is 0 Å². The van der Waals surface area contributed by atoms with Crippen molar-refractivity contribution in [1.82, 2.24) is 10.2 Å². The molecule has 1 aliphatic rings. The van der Waals surface area contributed by atoms with Gasteiger partial charge < -0.3 is 5.32 Å². The predicted molar refractivity (Wildman–Crippen MR) is 62.6 cm³/mol. The molecule has 0 aromatic heterocycles. The monoisotopic (exact) mass is 198 g/mol. The summed E-state index contributed by atoms with van der Waals surface area (Å²) in [6.07, 6.45) is 3.81. The van der Waals surface area contributed by atoms with E-state index in [0.29, 0.717) is 11.6 Å². The van der Waals surface area contributed by atoms with Gasteiger partial charge in [-0.05, 0) is 53.6 Å². The van der Waals surface area contributed by atoms with E-state index in [2.05, 4.69) is 45.0 Å². The lowest BCUT2D eigenvalue weighted by atomic mass is 9.92. The Balaban J connectivity index is 2.55. The molecule has 0 saturated carbocycles. The van der Waals surface area contributed by atoms with Crippen molar-refractivity contribution in [3.63, 3.8) is 0 Å². The van der Waals surface area contributed by atoms with Crippen molar-refractivity contribution in [2.75, 3.05) is 13.6 Å². The number of hydrogen-bond donors (Lipinski definition) is 1. The fourth-order valence-electron chi connectivity index (χ4n) is 2.20. The van der Waals surface area contributed by atoms with Crippen LogP contribution in [-0.2, 0) is 0 Å². The van der Waals surface area contributed by atoms with Gasteiger partial charge in [-0.2, -0.15) is 0 Å². The molecule has 0 aromatic rings. The molecule has 0 aliphatic carbocycles. The first kappa shape index (κ1) is 12.0. The maximum Gasteiger partial charge on any atom is 0.0150 e. The van der Waals surface area contributed by atoms with Gasteiger partial charge in [0.05, 0.1) is 0 Å². The van der Waals surface area contributed by atoms with Gasteiger partial charge >= 0.3 is 0 Å². The molecule has 1 fully saturated rings. The highest BCUT2D eigenvalue weighted by Crippen LogP contribution is 2.24. The molecule has 1 N–H and O–H groups in total. The van der Waals surface area contributed by atoms with Gasteiger partial charge in [0.25, 0.3) is 0 Å². The molecular formula is C12H26N2. The van der Waals surface area contributed by atoms with E-state index in [-0.39, 0.29) is 0 Å². The molecule has 0 spiro atoms. The van der Waals surface area contributed by atoms with Crippen LogP contribution >= 0.6 is 0 Å². The van der Waals surface area contributed by atoms with Gasteiger partial charge in [-0.25, -0.2) is 0 Å². The van der Waals surface area contributed by atoms with Crippen molar-refractivity contribution in [3.8, 4) is 0 Å². The molecule has 1 rings (SSSR count). The molecule has 0 aromatic carbocycles. The second-order valence-corrected chi connectivity index (χ2v) is 5.31. The average Bonchev–Trinajstić information content (AvgIpc) is 2.16. The highest BCUT2D eigenvalue weighted by atomic mass is 15.2. The molecule has 0 bridgehead atoms. The Bertz CT molecular complexity index is 177. The van der Waals surface area contributed by atoms with Crippen molar-refractivity contribution < 1.29 is 0 Å². The Labute approximate surface area is 89.1 Å². The van der Waals surface area contributed by atoms with Gasteiger partial charge in [0.15, 0.2) is 0 Å². The molecule has 0 radical (unpaired) electrons. The molecule has 2 nitrogen and oxygen atoms in total. The lowest BCUT2D eigenvalue weighted by Gasteiger charge is -2.43. The smallest absolute Gasteiger partial charge is 0.0150 e. The summed E-state index contributed by atoms with van der Waals surface area (Å²) in [5.41, 5.74) is 0.349. The highest BCUT2D eigenvalue weighted by Gasteiger charge is 2.30. The fourth-order valence-corrected chi connectivity index (χ4v) is 2.20. The summed E-state index contributed by atoms with van der Waals surface area (Å²) in [5.74, 6) is 0. The van der Waals surface area contributed by atoms with Crippen LogP contribution in [0.1, 0.15) is 47.0 Å². The molecule has 2 heteroatoms. The SMILES string of the molecule is CCC(C)(C)N(C)C1CCNC(C)C1. The zero-order chi connectivity index (χ0) is 10.8. The van der Waals surface area contributed by atoms with Crippen LogP contribution in [-0.4, -0.2) is 36.1 Å². The molecule has 14 heavy (non-hydrogen) atoms. The summed E-state index contributed by atoms with van der Waals surface area (Å²) in [7, 11) is 2.28. The number of nitrogens with one attached hydrogen (secondary N) is 1. The zero-order valence-corrected chi connectivity index (χ0v) is 10.4. The Morgan fingerprint density at radius 2 is 2.07 bits per heavy atom. The summed E-state index contributed by atoms with van der Waals surface area (Å²) in [4.78, 5) is 2.57. The third-order valence-corrected chi connectivity index (χ3v) is 3.96. The lowest BCUT2D eigenvalue weighted by Crippen LogP contribution is -2.52. The Morgan fingerprint density at radius 3 is 2.57 bits per heavy atom. The first-order valence-electron chi connectivity index (χ1n) is 5.93. The number of piperidine rings is 1. The van der Waals surface area contributed by atoms with E-state index in [1.165, 1.54) is 25.8 Å². The van der Waals surface area contributed by atoms with Crippen molar-refractivity contribution in [2.45, 2.75) is 64.6 Å². The van der Waals surface area contributed by atoms with E-state index < -0.39 is 0 Å². The van der Waals surface area contributed by atoms with Crippen molar-refractivity contribution in [2.24, 2.45) is 0 Å². The van der Waals surface area contributed by atoms with Crippen LogP contribution < -0.4 is 5.32 Å². The molecule has 1 saturated heterocycles. The van der Waals surface area contributed by atoms with E-state index >= 15 is 0 Å². The van der Waals surface area contributed by atoms with Crippen LogP contribution in [0.25, 0.3) is 0 Å². The summed E-state index contributed by atoms with van der Waals surface area (Å²) < 4.78 is 0. The van der Waals surface area contributed by atoms with Crippen LogP contribution in [0.5, 0.6) is 0 Å². The normalized spacial score (nSPS) is 29.6. The number of rotatable bonds is 3. The molecule has 2 unspecified atom stereocenters. The summed E-state index contributed by atoms with van der Waals surface area (Å²) in [6, 6.07) is 1.45. The number of nitrogens with zero attached hydrogens (tertiary/aromatic N) is 1. The van der Waals surface area contributed by atoms with Crippen molar-refractivity contribution >= 4 is 0 Å². The predicted octanol–water partition coefficient (Wildman–Crippen LogP) is 2.25. The van der Waals surface area contributed by atoms with Crippen molar-refractivity contribution in [3.05, 3.63) is 0 Å². The zero-order valence-electron chi connectivity index (χ0n) is 10.4. The molecule has 0 amide bonds. The minimum atomic E-state index is 0.349. The molecule has 84 valence electrons. The first-order valence-corrected chi connectivity index (χ1v) is 5.93.